The van der Waals surface area contributed by atoms with E-state index in [2.05, 4.69) is 20.1 Å². The van der Waals surface area contributed by atoms with Gasteiger partial charge < -0.3 is 11.1 Å². The van der Waals surface area contributed by atoms with E-state index in [1.165, 1.54) is 50.1 Å². The highest BCUT2D eigenvalue weighted by Crippen LogP contribution is 2.37. The molecule has 0 aromatic carbocycles. The van der Waals surface area contributed by atoms with Crippen molar-refractivity contribution in [1.29, 1.82) is 0 Å². The molecule has 4 nitrogen and oxygen atoms in total. The molecule has 0 atom stereocenters. The quantitative estimate of drug-likeness (QED) is 0.848. The average molecular weight is 323 g/mol. The number of rotatable bonds is 5. The Morgan fingerprint density at radius 1 is 1.33 bits per heavy atom. The maximum absolute atomic E-state index is 6.02. The summed E-state index contributed by atoms with van der Waals surface area (Å²) in [6.07, 6.45) is 8.26. The van der Waals surface area contributed by atoms with E-state index in [9.17, 15) is 0 Å². The second-order valence-electron chi connectivity index (χ2n) is 5.74. The molecule has 21 heavy (non-hydrogen) atoms. The number of hydrogen-bond donors (Lipinski definition) is 2. The Kier molecular flexibility index (Phi) is 4.75. The molecule has 0 radical (unpaired) electrons. The van der Waals surface area contributed by atoms with Gasteiger partial charge in [-0.05, 0) is 30.8 Å². The fourth-order valence-electron chi connectivity index (χ4n) is 3.01. The first-order chi connectivity index (χ1) is 10.2. The lowest BCUT2D eigenvalue weighted by atomic mass is 9.87. The van der Waals surface area contributed by atoms with E-state index in [1.807, 2.05) is 6.92 Å². The van der Waals surface area contributed by atoms with Crippen LogP contribution in [0, 0.1) is 12.8 Å². The summed E-state index contributed by atoms with van der Waals surface area (Å²) in [7, 11) is 0. The fourth-order valence-corrected chi connectivity index (χ4v) is 4.37. The van der Waals surface area contributed by atoms with Gasteiger partial charge in [-0.15, -0.1) is 11.3 Å². The van der Waals surface area contributed by atoms with Crippen molar-refractivity contribution in [2.24, 2.45) is 5.92 Å². The van der Waals surface area contributed by atoms with Gasteiger partial charge in [0.2, 0.25) is 0 Å². The summed E-state index contributed by atoms with van der Waals surface area (Å²) in [5.74, 6) is 1.48. The Morgan fingerprint density at radius 3 is 2.86 bits per heavy atom. The first-order valence-corrected chi connectivity index (χ1v) is 9.31. The average Bonchev–Trinajstić information content (AvgIpc) is 3.06. The number of aryl methyl sites for hydroxylation is 1. The number of aromatic nitrogens is 2. The molecule has 0 bridgehead atoms. The van der Waals surface area contributed by atoms with E-state index in [4.69, 9.17) is 5.73 Å². The zero-order valence-corrected chi connectivity index (χ0v) is 14.0. The van der Waals surface area contributed by atoms with Crippen molar-refractivity contribution in [3.05, 3.63) is 10.4 Å². The van der Waals surface area contributed by atoms with Crippen LogP contribution in [0.4, 0.5) is 10.8 Å². The van der Waals surface area contributed by atoms with Crippen molar-refractivity contribution in [2.45, 2.75) is 45.4 Å². The lowest BCUT2D eigenvalue weighted by Gasteiger charge is -2.21. The predicted octanol–water partition coefficient (Wildman–Crippen LogP) is 4.54. The third kappa shape index (κ3) is 3.55. The summed E-state index contributed by atoms with van der Waals surface area (Å²) in [5, 5.41) is 7.71. The van der Waals surface area contributed by atoms with Crippen LogP contribution in [0.25, 0.3) is 11.3 Å². The van der Waals surface area contributed by atoms with Gasteiger partial charge in [-0.2, -0.15) is 4.37 Å². The Hall–Kier alpha value is -1.14. The first-order valence-electron chi connectivity index (χ1n) is 7.65. The molecule has 1 aliphatic rings. The molecule has 0 unspecified atom stereocenters. The normalized spacial score (nSPS) is 16.2. The smallest absolute Gasteiger partial charge is 0.148 e. The highest BCUT2D eigenvalue weighted by Gasteiger charge is 2.17. The van der Waals surface area contributed by atoms with Gasteiger partial charge in [-0.1, -0.05) is 32.1 Å². The van der Waals surface area contributed by atoms with Crippen molar-refractivity contribution in [3.8, 4) is 11.3 Å². The summed E-state index contributed by atoms with van der Waals surface area (Å²) in [5.41, 5.74) is 7.95. The summed E-state index contributed by atoms with van der Waals surface area (Å²) >= 11 is 3.09. The molecule has 1 saturated carbocycles. The number of nitrogens with zero attached hydrogens (tertiary/aromatic N) is 2. The van der Waals surface area contributed by atoms with Gasteiger partial charge in [0.25, 0.3) is 0 Å². The van der Waals surface area contributed by atoms with Crippen molar-refractivity contribution in [1.82, 2.24) is 9.36 Å². The Labute approximate surface area is 134 Å². The molecule has 0 spiro atoms. The molecule has 1 aliphatic carbocycles. The Morgan fingerprint density at radius 2 is 2.14 bits per heavy atom. The van der Waals surface area contributed by atoms with Gasteiger partial charge in [0, 0.05) is 11.9 Å². The number of nitrogen functional groups attached to an aromatic ring is 1. The van der Waals surface area contributed by atoms with Crippen LogP contribution in [-0.2, 0) is 0 Å². The summed E-state index contributed by atoms with van der Waals surface area (Å²) < 4.78 is 4.29. The van der Waals surface area contributed by atoms with Crippen molar-refractivity contribution < 1.29 is 0 Å². The van der Waals surface area contributed by atoms with Gasteiger partial charge in [-0.25, -0.2) is 4.98 Å². The molecule has 6 heteroatoms. The summed E-state index contributed by atoms with van der Waals surface area (Å²) in [6, 6.07) is 0. The predicted molar refractivity (Wildman–Crippen MR) is 92.1 cm³/mol. The number of anilines is 2. The van der Waals surface area contributed by atoms with Gasteiger partial charge in [0.15, 0.2) is 0 Å². The summed E-state index contributed by atoms with van der Waals surface area (Å²) in [4.78, 5) is 4.54. The maximum Gasteiger partial charge on any atom is 0.148 e. The minimum absolute atomic E-state index is 0.588. The Bertz CT molecular complexity index is 584. The second kappa shape index (κ2) is 6.75. The SMILES string of the molecule is Cc1nc(-c2c(N)nsc2NCCC2CCCCC2)cs1. The van der Waals surface area contributed by atoms with E-state index in [1.54, 1.807) is 11.3 Å². The van der Waals surface area contributed by atoms with Crippen LogP contribution in [0.1, 0.15) is 43.5 Å². The highest BCUT2D eigenvalue weighted by molar-refractivity contribution is 7.11. The van der Waals surface area contributed by atoms with Gasteiger partial charge in [0.05, 0.1) is 16.3 Å². The molecule has 3 N–H and O–H groups in total. The van der Waals surface area contributed by atoms with Crippen LogP contribution in [0.5, 0.6) is 0 Å². The van der Waals surface area contributed by atoms with Gasteiger partial charge >= 0.3 is 0 Å². The monoisotopic (exact) mass is 322 g/mol. The standard InChI is InChI=1S/C15H22N4S2/c1-10-18-12(9-20-10)13-14(16)19-21-15(13)17-8-7-11-5-3-2-4-6-11/h9,11,17H,2-8H2,1H3,(H2,16,19). The zero-order chi connectivity index (χ0) is 14.7. The molecule has 0 aliphatic heterocycles. The zero-order valence-electron chi connectivity index (χ0n) is 12.4. The van der Waals surface area contributed by atoms with E-state index < -0.39 is 0 Å². The molecule has 2 aromatic rings. The van der Waals surface area contributed by atoms with Crippen molar-refractivity contribution in [2.75, 3.05) is 17.6 Å². The number of nitrogens with one attached hydrogen (secondary N) is 1. The third-order valence-corrected chi connectivity index (χ3v) is 5.75. The van der Waals surface area contributed by atoms with Crippen LogP contribution in [0.3, 0.4) is 0 Å². The maximum atomic E-state index is 6.02. The highest BCUT2D eigenvalue weighted by atomic mass is 32.1. The third-order valence-electron chi connectivity index (χ3n) is 4.16. The fraction of sp³-hybridized carbons (Fsp3) is 0.600. The van der Waals surface area contributed by atoms with E-state index >= 15 is 0 Å². The molecule has 3 rings (SSSR count). The second-order valence-corrected chi connectivity index (χ2v) is 7.58. The summed E-state index contributed by atoms with van der Waals surface area (Å²) in [6.45, 7) is 3.02. The molecule has 2 heterocycles. The number of thiazole rings is 1. The van der Waals surface area contributed by atoms with E-state index in [0.29, 0.717) is 5.82 Å². The molecule has 114 valence electrons. The molecule has 2 aromatic heterocycles. The van der Waals surface area contributed by atoms with Crippen LogP contribution in [0.2, 0.25) is 0 Å². The van der Waals surface area contributed by atoms with Crippen molar-refractivity contribution >= 4 is 33.7 Å². The minimum Gasteiger partial charge on any atom is -0.382 e. The molecule has 1 fully saturated rings. The molecule has 0 saturated heterocycles. The van der Waals surface area contributed by atoms with E-state index in [0.717, 1.165) is 33.7 Å². The van der Waals surface area contributed by atoms with Crippen LogP contribution >= 0.6 is 22.9 Å². The van der Waals surface area contributed by atoms with Crippen LogP contribution < -0.4 is 11.1 Å². The molecular weight excluding hydrogens is 300 g/mol. The molecular formula is C15H22N4S2. The first kappa shape index (κ1) is 14.8. The van der Waals surface area contributed by atoms with Crippen LogP contribution in [0.15, 0.2) is 5.38 Å². The van der Waals surface area contributed by atoms with E-state index in [-0.39, 0.29) is 0 Å². The largest absolute Gasteiger partial charge is 0.382 e. The number of nitrogens with two attached hydrogens (primary N) is 1. The lowest BCUT2D eigenvalue weighted by Crippen LogP contribution is -2.12. The van der Waals surface area contributed by atoms with Gasteiger partial charge in [-0.3, -0.25) is 0 Å². The topological polar surface area (TPSA) is 63.8 Å². The molecule has 0 amide bonds. The minimum atomic E-state index is 0.588. The van der Waals surface area contributed by atoms with Gasteiger partial charge in [0.1, 0.15) is 10.8 Å². The number of hydrogen-bond acceptors (Lipinski definition) is 6. The van der Waals surface area contributed by atoms with Crippen LogP contribution in [-0.4, -0.2) is 15.9 Å². The lowest BCUT2D eigenvalue weighted by molar-refractivity contribution is 0.345. The van der Waals surface area contributed by atoms with Crippen molar-refractivity contribution in [3.63, 3.8) is 0 Å². The Balaban J connectivity index is 1.63.